The zero-order valence-corrected chi connectivity index (χ0v) is 10.1. The first-order chi connectivity index (χ1) is 8.66. The Morgan fingerprint density at radius 2 is 2.17 bits per heavy atom. The molecule has 1 aromatic heterocycles. The first-order valence-electron chi connectivity index (χ1n) is 5.65. The van der Waals surface area contributed by atoms with E-state index in [1.807, 2.05) is 30.3 Å². The minimum atomic E-state index is -0.904. The molecule has 2 N–H and O–H groups in total. The molecule has 94 valence electrons. The zero-order valence-electron chi connectivity index (χ0n) is 10.1. The molecule has 1 atom stereocenters. The molecule has 5 heteroatoms. The Bertz CT molecular complexity index is 522. The second kappa shape index (κ2) is 5.46. The van der Waals surface area contributed by atoms with Crippen LogP contribution >= 0.6 is 0 Å². The van der Waals surface area contributed by atoms with Crippen molar-refractivity contribution in [2.75, 3.05) is 0 Å². The number of nitrogens with one attached hydrogen (secondary N) is 1. The minimum Gasteiger partial charge on any atom is -0.480 e. The van der Waals surface area contributed by atoms with Crippen LogP contribution in [0.5, 0.6) is 0 Å². The summed E-state index contributed by atoms with van der Waals surface area (Å²) in [5.74, 6) is -0.904. The number of aliphatic carboxylic acids is 1. The third-order valence-electron chi connectivity index (χ3n) is 2.66. The fourth-order valence-corrected chi connectivity index (χ4v) is 1.75. The van der Waals surface area contributed by atoms with E-state index >= 15 is 0 Å². The number of carboxylic acid groups (broad SMARTS) is 1. The molecule has 18 heavy (non-hydrogen) atoms. The van der Waals surface area contributed by atoms with Gasteiger partial charge in [0.2, 0.25) is 0 Å². The van der Waals surface area contributed by atoms with Crippen LogP contribution in [0.4, 0.5) is 0 Å². The van der Waals surface area contributed by atoms with Gasteiger partial charge in [-0.25, -0.2) is 0 Å². The first-order valence-corrected chi connectivity index (χ1v) is 5.65. The quantitative estimate of drug-likeness (QED) is 0.834. The van der Waals surface area contributed by atoms with E-state index in [1.54, 1.807) is 24.1 Å². The number of aromatic nitrogens is 2. The van der Waals surface area contributed by atoms with Gasteiger partial charge in [0.05, 0.1) is 6.20 Å². The van der Waals surface area contributed by atoms with Gasteiger partial charge >= 0.3 is 5.97 Å². The molecule has 0 spiro atoms. The second-order valence-electron chi connectivity index (χ2n) is 4.09. The van der Waals surface area contributed by atoms with Gasteiger partial charge in [-0.1, -0.05) is 30.3 Å². The molecule has 0 amide bonds. The maximum atomic E-state index is 11.2. The molecule has 0 aliphatic carbocycles. The van der Waals surface area contributed by atoms with Crippen LogP contribution in [-0.2, 0) is 18.4 Å². The van der Waals surface area contributed by atoms with Crippen molar-refractivity contribution in [1.82, 2.24) is 15.1 Å². The summed E-state index contributed by atoms with van der Waals surface area (Å²) in [5, 5.41) is 16.2. The van der Waals surface area contributed by atoms with Crippen molar-refractivity contribution in [3.8, 4) is 0 Å². The van der Waals surface area contributed by atoms with Crippen LogP contribution < -0.4 is 5.32 Å². The summed E-state index contributed by atoms with van der Waals surface area (Å²) in [5.41, 5.74) is 1.70. The van der Waals surface area contributed by atoms with Gasteiger partial charge in [0.15, 0.2) is 0 Å². The largest absolute Gasteiger partial charge is 0.480 e. The predicted octanol–water partition coefficient (Wildman–Crippen LogP) is 1.34. The molecular formula is C13H15N3O2. The number of nitrogens with zero attached hydrogens (tertiary/aromatic N) is 2. The van der Waals surface area contributed by atoms with Crippen molar-refractivity contribution in [1.29, 1.82) is 0 Å². The fraction of sp³-hybridized carbons (Fsp3) is 0.231. The molecule has 2 aromatic rings. The Kier molecular flexibility index (Phi) is 3.74. The number of hydrogen-bond donors (Lipinski definition) is 2. The Morgan fingerprint density at radius 1 is 1.44 bits per heavy atom. The molecule has 5 nitrogen and oxygen atoms in total. The average molecular weight is 245 g/mol. The summed E-state index contributed by atoms with van der Waals surface area (Å²) >= 11 is 0. The lowest BCUT2D eigenvalue weighted by Gasteiger charge is -2.12. The van der Waals surface area contributed by atoms with E-state index in [-0.39, 0.29) is 0 Å². The second-order valence-corrected chi connectivity index (χ2v) is 4.09. The summed E-state index contributed by atoms with van der Waals surface area (Å²) in [6, 6.07) is 8.95. The predicted molar refractivity (Wildman–Crippen MR) is 66.9 cm³/mol. The topological polar surface area (TPSA) is 67.2 Å². The molecule has 0 unspecified atom stereocenters. The van der Waals surface area contributed by atoms with Crippen LogP contribution in [0.25, 0.3) is 0 Å². The summed E-state index contributed by atoms with van der Waals surface area (Å²) in [6.45, 7) is 0.507. The van der Waals surface area contributed by atoms with Gasteiger partial charge in [-0.2, -0.15) is 5.10 Å². The molecular weight excluding hydrogens is 230 g/mol. The van der Waals surface area contributed by atoms with Gasteiger partial charge in [-0.05, 0) is 5.56 Å². The van der Waals surface area contributed by atoms with Crippen molar-refractivity contribution >= 4 is 5.97 Å². The van der Waals surface area contributed by atoms with E-state index in [4.69, 9.17) is 0 Å². The van der Waals surface area contributed by atoms with Gasteiger partial charge in [0.1, 0.15) is 6.04 Å². The lowest BCUT2D eigenvalue weighted by Crippen LogP contribution is -2.27. The Hall–Kier alpha value is -2.14. The monoisotopic (exact) mass is 245 g/mol. The highest BCUT2D eigenvalue weighted by Gasteiger charge is 2.20. The summed E-state index contributed by atoms with van der Waals surface area (Å²) in [7, 11) is 1.76. The zero-order chi connectivity index (χ0) is 13.0. The smallest absolute Gasteiger partial charge is 0.325 e. The molecule has 0 radical (unpaired) electrons. The van der Waals surface area contributed by atoms with E-state index < -0.39 is 12.0 Å². The van der Waals surface area contributed by atoms with Gasteiger partial charge in [0.25, 0.3) is 0 Å². The molecule has 0 saturated carbocycles. The average Bonchev–Trinajstić information content (AvgIpc) is 2.77. The summed E-state index contributed by atoms with van der Waals surface area (Å²) in [4.78, 5) is 11.2. The van der Waals surface area contributed by atoms with Gasteiger partial charge in [-0.3, -0.25) is 14.8 Å². The van der Waals surface area contributed by atoms with Crippen molar-refractivity contribution in [2.24, 2.45) is 7.05 Å². The SMILES string of the molecule is Cn1cc([C@@H](NCc2ccccc2)C(=O)O)cn1. The fourth-order valence-electron chi connectivity index (χ4n) is 1.75. The van der Waals surface area contributed by atoms with Crippen LogP contribution in [0.2, 0.25) is 0 Å². The minimum absolute atomic E-state index is 0.507. The van der Waals surface area contributed by atoms with Crippen molar-refractivity contribution < 1.29 is 9.90 Å². The van der Waals surface area contributed by atoms with Crippen LogP contribution in [0.3, 0.4) is 0 Å². The van der Waals surface area contributed by atoms with Crippen molar-refractivity contribution in [2.45, 2.75) is 12.6 Å². The standard InChI is InChI=1S/C13H15N3O2/c1-16-9-11(8-15-16)12(13(17)18)14-7-10-5-3-2-4-6-10/h2-6,8-9,12,14H,7H2,1H3,(H,17,18)/t12-/m1/s1. The molecule has 0 aliphatic heterocycles. The highest BCUT2D eigenvalue weighted by atomic mass is 16.4. The number of carboxylic acids is 1. The maximum absolute atomic E-state index is 11.2. The normalized spacial score (nSPS) is 12.3. The van der Waals surface area contributed by atoms with Crippen molar-refractivity contribution in [3.05, 3.63) is 53.9 Å². The number of rotatable bonds is 5. The van der Waals surface area contributed by atoms with E-state index in [0.717, 1.165) is 5.56 Å². The lowest BCUT2D eigenvalue weighted by molar-refractivity contribution is -0.139. The molecule has 1 aromatic carbocycles. The van der Waals surface area contributed by atoms with Gasteiger partial charge in [0, 0.05) is 25.4 Å². The Balaban J connectivity index is 2.06. The Morgan fingerprint density at radius 3 is 2.72 bits per heavy atom. The van der Waals surface area contributed by atoms with E-state index in [9.17, 15) is 9.90 Å². The highest BCUT2D eigenvalue weighted by molar-refractivity contribution is 5.75. The molecule has 1 heterocycles. The van der Waals surface area contributed by atoms with E-state index in [1.165, 1.54) is 0 Å². The Labute approximate surface area is 105 Å². The van der Waals surface area contributed by atoms with E-state index in [2.05, 4.69) is 10.4 Å². The van der Waals surface area contributed by atoms with Crippen LogP contribution in [-0.4, -0.2) is 20.9 Å². The number of carbonyl (C=O) groups is 1. The van der Waals surface area contributed by atoms with Crippen LogP contribution in [0.15, 0.2) is 42.7 Å². The number of hydrogen-bond acceptors (Lipinski definition) is 3. The molecule has 0 bridgehead atoms. The highest BCUT2D eigenvalue weighted by Crippen LogP contribution is 2.13. The number of benzene rings is 1. The lowest BCUT2D eigenvalue weighted by atomic mass is 10.1. The van der Waals surface area contributed by atoms with Crippen LogP contribution in [0, 0.1) is 0 Å². The third kappa shape index (κ3) is 2.95. The van der Waals surface area contributed by atoms with E-state index in [0.29, 0.717) is 12.1 Å². The molecule has 0 saturated heterocycles. The molecule has 0 fully saturated rings. The summed E-state index contributed by atoms with van der Waals surface area (Å²) < 4.78 is 1.59. The molecule has 0 aliphatic rings. The first kappa shape index (κ1) is 12.3. The number of aryl methyl sites for hydroxylation is 1. The van der Waals surface area contributed by atoms with Crippen LogP contribution in [0.1, 0.15) is 17.2 Å². The summed E-state index contributed by atoms with van der Waals surface area (Å²) in [6.07, 6.45) is 3.27. The maximum Gasteiger partial charge on any atom is 0.325 e. The van der Waals surface area contributed by atoms with Gasteiger partial charge < -0.3 is 5.11 Å². The van der Waals surface area contributed by atoms with Crippen molar-refractivity contribution in [3.63, 3.8) is 0 Å². The molecule has 2 rings (SSSR count). The van der Waals surface area contributed by atoms with Gasteiger partial charge in [-0.15, -0.1) is 0 Å². The third-order valence-corrected chi connectivity index (χ3v) is 2.66.